The van der Waals surface area contributed by atoms with Gasteiger partial charge < -0.3 is 10.2 Å². The molecule has 2 aromatic carbocycles. The van der Waals surface area contributed by atoms with E-state index < -0.39 is 0 Å². The molecule has 4 nitrogen and oxygen atoms in total. The van der Waals surface area contributed by atoms with E-state index in [0.717, 1.165) is 52.5 Å². The number of piperidine rings is 1. The summed E-state index contributed by atoms with van der Waals surface area (Å²) in [5.74, 6) is -0.137. The summed E-state index contributed by atoms with van der Waals surface area (Å²) in [6.45, 7) is 3.57. The van der Waals surface area contributed by atoms with E-state index in [9.17, 15) is 9.18 Å². The van der Waals surface area contributed by atoms with E-state index >= 15 is 0 Å². The summed E-state index contributed by atoms with van der Waals surface area (Å²) < 4.78 is 14.2. The van der Waals surface area contributed by atoms with E-state index in [1.807, 2.05) is 31.2 Å². The summed E-state index contributed by atoms with van der Waals surface area (Å²) in [6, 6.07) is 12.5. The number of nitrogens with one attached hydrogen (secondary N) is 1. The molecule has 134 valence electrons. The van der Waals surface area contributed by atoms with Crippen LogP contribution in [0.15, 0.2) is 42.5 Å². The molecule has 0 unspecified atom stereocenters. The van der Waals surface area contributed by atoms with Gasteiger partial charge in [-0.2, -0.15) is 0 Å². The molecule has 0 atom stereocenters. The molecule has 0 aliphatic carbocycles. The number of fused-ring (bicyclic) bond motifs is 1. The summed E-state index contributed by atoms with van der Waals surface area (Å²) in [5, 5.41) is 3.96. The largest absolute Gasteiger partial charge is 0.348 e. The number of anilines is 2. The standard InChI is InChI=1S/C20H20FN3OS/c1-13-4-2-3-5-16(13)22-19(25)14-8-10-24(11-9-14)20-23-17-7-6-15(21)12-18(17)26-20/h2-7,12,14H,8-11H2,1H3,(H,22,25). The first-order chi connectivity index (χ1) is 12.6. The lowest BCUT2D eigenvalue weighted by Crippen LogP contribution is -2.38. The van der Waals surface area contributed by atoms with E-state index in [1.165, 1.54) is 23.5 Å². The van der Waals surface area contributed by atoms with Gasteiger partial charge in [0.2, 0.25) is 5.91 Å². The summed E-state index contributed by atoms with van der Waals surface area (Å²) in [4.78, 5) is 19.4. The van der Waals surface area contributed by atoms with Gasteiger partial charge in [0.15, 0.2) is 5.13 Å². The van der Waals surface area contributed by atoms with Crippen LogP contribution in [-0.4, -0.2) is 24.0 Å². The normalized spacial score (nSPS) is 15.4. The molecule has 1 fully saturated rings. The van der Waals surface area contributed by atoms with Crippen molar-refractivity contribution >= 4 is 38.3 Å². The third-order valence-electron chi connectivity index (χ3n) is 4.88. The van der Waals surface area contributed by atoms with Crippen LogP contribution in [0.25, 0.3) is 10.2 Å². The van der Waals surface area contributed by atoms with Gasteiger partial charge in [-0.15, -0.1) is 0 Å². The number of benzene rings is 2. The highest BCUT2D eigenvalue weighted by Crippen LogP contribution is 2.32. The Morgan fingerprint density at radius 1 is 1.23 bits per heavy atom. The topological polar surface area (TPSA) is 45.2 Å². The van der Waals surface area contributed by atoms with Crippen LogP contribution in [0.5, 0.6) is 0 Å². The predicted octanol–water partition coefficient (Wildman–Crippen LogP) is 4.60. The second kappa shape index (κ2) is 7.03. The zero-order chi connectivity index (χ0) is 18.1. The van der Waals surface area contributed by atoms with Gasteiger partial charge in [0.05, 0.1) is 10.2 Å². The van der Waals surface area contributed by atoms with E-state index in [1.54, 1.807) is 6.07 Å². The first kappa shape index (κ1) is 17.0. The molecule has 1 aromatic heterocycles. The number of para-hydroxylation sites is 1. The van der Waals surface area contributed by atoms with E-state index in [2.05, 4.69) is 15.2 Å². The van der Waals surface area contributed by atoms with Gasteiger partial charge in [-0.1, -0.05) is 29.5 Å². The zero-order valence-electron chi connectivity index (χ0n) is 14.5. The highest BCUT2D eigenvalue weighted by atomic mass is 32.1. The fourth-order valence-electron chi connectivity index (χ4n) is 3.30. The average molecular weight is 369 g/mol. The van der Waals surface area contributed by atoms with E-state index in [0.29, 0.717) is 0 Å². The van der Waals surface area contributed by atoms with Crippen LogP contribution in [0, 0.1) is 18.7 Å². The number of thiazole rings is 1. The molecule has 4 rings (SSSR count). The van der Waals surface area contributed by atoms with Gasteiger partial charge >= 0.3 is 0 Å². The van der Waals surface area contributed by atoms with Crippen LogP contribution in [0.2, 0.25) is 0 Å². The molecule has 1 aliphatic rings. The van der Waals surface area contributed by atoms with Crippen molar-refractivity contribution in [3.8, 4) is 0 Å². The molecule has 0 radical (unpaired) electrons. The van der Waals surface area contributed by atoms with Gasteiger partial charge in [0.1, 0.15) is 5.82 Å². The maximum Gasteiger partial charge on any atom is 0.227 e. The summed E-state index contributed by atoms with van der Waals surface area (Å²) in [7, 11) is 0. The Morgan fingerprint density at radius 3 is 2.77 bits per heavy atom. The number of amides is 1. The number of hydrogen-bond donors (Lipinski definition) is 1. The molecule has 0 saturated carbocycles. The fourth-order valence-corrected chi connectivity index (χ4v) is 4.34. The minimum Gasteiger partial charge on any atom is -0.348 e. The minimum atomic E-state index is -0.237. The minimum absolute atomic E-state index is 0.0117. The van der Waals surface area contributed by atoms with Crippen molar-refractivity contribution in [3.63, 3.8) is 0 Å². The van der Waals surface area contributed by atoms with Crippen LogP contribution < -0.4 is 10.2 Å². The van der Waals surface area contributed by atoms with Crippen LogP contribution in [0.4, 0.5) is 15.2 Å². The van der Waals surface area contributed by atoms with Gasteiger partial charge in [0, 0.05) is 24.7 Å². The molecule has 1 amide bonds. The zero-order valence-corrected chi connectivity index (χ0v) is 15.4. The number of rotatable bonds is 3. The predicted molar refractivity (Wildman–Crippen MR) is 104 cm³/mol. The maximum absolute atomic E-state index is 13.4. The van der Waals surface area contributed by atoms with Crippen molar-refractivity contribution in [2.24, 2.45) is 5.92 Å². The van der Waals surface area contributed by atoms with Crippen LogP contribution in [0.1, 0.15) is 18.4 Å². The number of carbonyl (C=O) groups is 1. The molecule has 6 heteroatoms. The molecule has 2 heterocycles. The lowest BCUT2D eigenvalue weighted by Gasteiger charge is -2.31. The lowest BCUT2D eigenvalue weighted by atomic mass is 9.96. The molecular formula is C20H20FN3OS. The first-order valence-electron chi connectivity index (χ1n) is 8.78. The molecule has 0 bridgehead atoms. The highest BCUT2D eigenvalue weighted by molar-refractivity contribution is 7.22. The Balaban J connectivity index is 1.40. The first-order valence-corrected chi connectivity index (χ1v) is 9.59. The number of aromatic nitrogens is 1. The molecular weight excluding hydrogens is 349 g/mol. The van der Waals surface area contributed by atoms with E-state index in [-0.39, 0.29) is 17.6 Å². The third kappa shape index (κ3) is 3.42. The number of halogens is 1. The Hall–Kier alpha value is -2.47. The van der Waals surface area contributed by atoms with Crippen molar-refractivity contribution in [2.75, 3.05) is 23.3 Å². The average Bonchev–Trinajstić information content (AvgIpc) is 3.07. The number of aryl methyl sites for hydroxylation is 1. The van der Waals surface area contributed by atoms with Crippen molar-refractivity contribution < 1.29 is 9.18 Å². The SMILES string of the molecule is Cc1ccccc1NC(=O)C1CCN(c2nc3ccc(F)cc3s2)CC1. The Labute approximate surface area is 155 Å². The molecule has 1 aliphatic heterocycles. The Morgan fingerprint density at radius 2 is 2.00 bits per heavy atom. The smallest absolute Gasteiger partial charge is 0.227 e. The van der Waals surface area contributed by atoms with Gasteiger partial charge in [-0.25, -0.2) is 9.37 Å². The number of nitrogens with zero attached hydrogens (tertiary/aromatic N) is 2. The summed E-state index contributed by atoms with van der Waals surface area (Å²) in [6.07, 6.45) is 1.59. The lowest BCUT2D eigenvalue weighted by molar-refractivity contribution is -0.120. The molecule has 26 heavy (non-hydrogen) atoms. The van der Waals surface area contributed by atoms with Crippen molar-refractivity contribution in [2.45, 2.75) is 19.8 Å². The van der Waals surface area contributed by atoms with Crippen LogP contribution in [-0.2, 0) is 4.79 Å². The molecule has 0 spiro atoms. The highest BCUT2D eigenvalue weighted by Gasteiger charge is 2.26. The van der Waals surface area contributed by atoms with Crippen LogP contribution >= 0.6 is 11.3 Å². The maximum atomic E-state index is 13.4. The quantitative estimate of drug-likeness (QED) is 0.734. The summed E-state index contributed by atoms with van der Waals surface area (Å²) in [5.41, 5.74) is 2.78. The fraction of sp³-hybridized carbons (Fsp3) is 0.300. The van der Waals surface area contributed by atoms with Gasteiger partial charge in [-0.05, 0) is 49.6 Å². The van der Waals surface area contributed by atoms with Gasteiger partial charge in [-0.3, -0.25) is 4.79 Å². The van der Waals surface area contributed by atoms with Crippen molar-refractivity contribution in [1.29, 1.82) is 0 Å². The van der Waals surface area contributed by atoms with E-state index in [4.69, 9.17) is 0 Å². The monoisotopic (exact) mass is 369 g/mol. The summed E-state index contributed by atoms with van der Waals surface area (Å²) >= 11 is 1.51. The molecule has 3 aromatic rings. The number of hydrogen-bond acceptors (Lipinski definition) is 4. The molecule has 1 N–H and O–H groups in total. The Bertz CT molecular complexity index is 947. The van der Waals surface area contributed by atoms with Crippen LogP contribution in [0.3, 0.4) is 0 Å². The second-order valence-electron chi connectivity index (χ2n) is 6.67. The third-order valence-corrected chi connectivity index (χ3v) is 5.96. The van der Waals surface area contributed by atoms with Crippen molar-refractivity contribution in [1.82, 2.24) is 4.98 Å². The van der Waals surface area contributed by atoms with Crippen molar-refractivity contribution in [3.05, 3.63) is 53.8 Å². The second-order valence-corrected chi connectivity index (χ2v) is 7.68. The van der Waals surface area contributed by atoms with Gasteiger partial charge in [0.25, 0.3) is 0 Å². The Kier molecular flexibility index (Phi) is 4.59. The number of carbonyl (C=O) groups excluding carboxylic acids is 1. The molecule has 1 saturated heterocycles.